The van der Waals surface area contributed by atoms with Crippen LogP contribution in [0.1, 0.15) is 11.3 Å². The normalized spacial score (nSPS) is 10.8. The summed E-state index contributed by atoms with van der Waals surface area (Å²) in [6, 6.07) is 7.99. The summed E-state index contributed by atoms with van der Waals surface area (Å²) >= 11 is 0. The fourth-order valence-corrected chi connectivity index (χ4v) is 2.42. The van der Waals surface area contributed by atoms with E-state index in [0.717, 1.165) is 28.0 Å². The van der Waals surface area contributed by atoms with Crippen LogP contribution in [0.5, 0.6) is 5.75 Å². The molecule has 21 heavy (non-hydrogen) atoms. The molecule has 0 radical (unpaired) electrons. The Balaban J connectivity index is 1.91. The van der Waals surface area contributed by atoms with Gasteiger partial charge in [-0.15, -0.1) is 0 Å². The van der Waals surface area contributed by atoms with Gasteiger partial charge in [0, 0.05) is 36.9 Å². The number of hydrogen-bond donors (Lipinski definition) is 1. The Morgan fingerprint density at radius 3 is 2.86 bits per heavy atom. The van der Waals surface area contributed by atoms with Crippen LogP contribution in [0.15, 0.2) is 36.7 Å². The smallest absolute Gasteiger partial charge is 0.134 e. The number of benzene rings is 1. The number of rotatable bonds is 4. The van der Waals surface area contributed by atoms with E-state index >= 15 is 0 Å². The van der Waals surface area contributed by atoms with E-state index < -0.39 is 0 Å². The van der Waals surface area contributed by atoms with Crippen molar-refractivity contribution in [3.05, 3.63) is 47.9 Å². The quantitative estimate of drug-likeness (QED) is 0.799. The molecule has 0 fully saturated rings. The summed E-state index contributed by atoms with van der Waals surface area (Å²) in [7, 11) is 3.60. The second-order valence-electron chi connectivity index (χ2n) is 5.01. The van der Waals surface area contributed by atoms with Crippen LogP contribution in [0, 0.1) is 6.92 Å². The van der Waals surface area contributed by atoms with Gasteiger partial charge in [-0.2, -0.15) is 5.10 Å². The van der Waals surface area contributed by atoms with E-state index in [-0.39, 0.29) is 0 Å². The maximum Gasteiger partial charge on any atom is 0.134 e. The first kappa shape index (κ1) is 13.4. The highest BCUT2D eigenvalue weighted by atomic mass is 16.5. The molecule has 1 aromatic carbocycles. The second-order valence-corrected chi connectivity index (χ2v) is 5.01. The highest BCUT2D eigenvalue weighted by Crippen LogP contribution is 2.26. The van der Waals surface area contributed by atoms with Crippen molar-refractivity contribution in [3.8, 4) is 5.75 Å². The molecule has 5 heteroatoms. The minimum absolute atomic E-state index is 0.697. The van der Waals surface area contributed by atoms with Crippen molar-refractivity contribution in [2.24, 2.45) is 7.05 Å². The number of ether oxygens (including phenoxy) is 1. The number of nitrogens with one attached hydrogen (secondary N) is 1. The van der Waals surface area contributed by atoms with Crippen molar-refractivity contribution in [1.29, 1.82) is 0 Å². The van der Waals surface area contributed by atoms with Crippen LogP contribution in [0.4, 0.5) is 5.82 Å². The zero-order valence-corrected chi connectivity index (χ0v) is 12.4. The average molecular weight is 282 g/mol. The molecule has 3 aromatic rings. The molecule has 0 aliphatic heterocycles. The molecule has 2 aromatic heterocycles. The Kier molecular flexibility index (Phi) is 3.48. The SMILES string of the molecule is COc1ccc2ccnc(NCc3cn(C)nc3C)c2c1. The lowest BCUT2D eigenvalue weighted by atomic mass is 10.1. The topological polar surface area (TPSA) is 52.0 Å². The molecule has 1 N–H and O–H groups in total. The largest absolute Gasteiger partial charge is 0.497 e. The van der Waals surface area contributed by atoms with Gasteiger partial charge in [-0.05, 0) is 30.5 Å². The molecule has 0 aliphatic carbocycles. The summed E-state index contributed by atoms with van der Waals surface area (Å²) in [5.41, 5.74) is 2.20. The summed E-state index contributed by atoms with van der Waals surface area (Å²) in [4.78, 5) is 4.44. The maximum absolute atomic E-state index is 5.29. The van der Waals surface area contributed by atoms with Gasteiger partial charge < -0.3 is 10.1 Å². The van der Waals surface area contributed by atoms with Crippen molar-refractivity contribution in [2.75, 3.05) is 12.4 Å². The minimum atomic E-state index is 0.697. The third-order valence-electron chi connectivity index (χ3n) is 3.53. The van der Waals surface area contributed by atoms with E-state index in [1.807, 2.05) is 55.3 Å². The van der Waals surface area contributed by atoms with Gasteiger partial charge in [0.1, 0.15) is 11.6 Å². The van der Waals surface area contributed by atoms with E-state index in [4.69, 9.17) is 4.74 Å². The van der Waals surface area contributed by atoms with Gasteiger partial charge in [0.25, 0.3) is 0 Å². The third-order valence-corrected chi connectivity index (χ3v) is 3.53. The second kappa shape index (κ2) is 5.44. The molecule has 0 spiro atoms. The van der Waals surface area contributed by atoms with Gasteiger partial charge in [0.15, 0.2) is 0 Å². The first-order valence-corrected chi connectivity index (χ1v) is 6.83. The van der Waals surface area contributed by atoms with Crippen LogP contribution in [-0.4, -0.2) is 21.9 Å². The van der Waals surface area contributed by atoms with E-state index in [0.29, 0.717) is 6.54 Å². The predicted molar refractivity (Wildman–Crippen MR) is 83.6 cm³/mol. The number of pyridine rings is 1. The lowest BCUT2D eigenvalue weighted by molar-refractivity contribution is 0.415. The average Bonchev–Trinajstić information content (AvgIpc) is 2.82. The number of methoxy groups -OCH3 is 1. The van der Waals surface area contributed by atoms with Gasteiger partial charge in [-0.1, -0.05) is 6.07 Å². The lowest BCUT2D eigenvalue weighted by Crippen LogP contribution is -2.02. The van der Waals surface area contributed by atoms with Crippen molar-refractivity contribution in [3.63, 3.8) is 0 Å². The van der Waals surface area contributed by atoms with Crippen LogP contribution in [0.3, 0.4) is 0 Å². The number of aryl methyl sites for hydroxylation is 2. The van der Waals surface area contributed by atoms with Gasteiger partial charge in [-0.25, -0.2) is 4.98 Å². The van der Waals surface area contributed by atoms with E-state index in [2.05, 4.69) is 15.4 Å². The lowest BCUT2D eigenvalue weighted by Gasteiger charge is -2.09. The first-order valence-electron chi connectivity index (χ1n) is 6.83. The van der Waals surface area contributed by atoms with Crippen LogP contribution in [0.2, 0.25) is 0 Å². The Morgan fingerprint density at radius 2 is 2.14 bits per heavy atom. The Labute approximate surface area is 123 Å². The zero-order chi connectivity index (χ0) is 14.8. The van der Waals surface area contributed by atoms with E-state index in [9.17, 15) is 0 Å². The maximum atomic E-state index is 5.29. The molecule has 2 heterocycles. The Hall–Kier alpha value is -2.56. The van der Waals surface area contributed by atoms with Crippen LogP contribution >= 0.6 is 0 Å². The molecule has 0 saturated heterocycles. The molecule has 5 nitrogen and oxygen atoms in total. The molecular formula is C16H18N4O. The van der Waals surface area contributed by atoms with Gasteiger partial charge in [-0.3, -0.25) is 4.68 Å². The Morgan fingerprint density at radius 1 is 1.29 bits per heavy atom. The fourth-order valence-electron chi connectivity index (χ4n) is 2.42. The predicted octanol–water partition coefficient (Wildman–Crippen LogP) is 2.90. The summed E-state index contributed by atoms with van der Waals surface area (Å²) in [6.45, 7) is 2.71. The third kappa shape index (κ3) is 2.67. The standard InChI is InChI=1S/C16H18N4O/c1-11-13(10-20(2)19-11)9-18-16-15-8-14(21-3)5-4-12(15)6-7-17-16/h4-8,10H,9H2,1-3H3,(H,17,18). The highest BCUT2D eigenvalue weighted by Gasteiger charge is 2.06. The zero-order valence-electron chi connectivity index (χ0n) is 12.4. The minimum Gasteiger partial charge on any atom is -0.497 e. The molecule has 0 amide bonds. The summed E-state index contributed by atoms with van der Waals surface area (Å²) in [5, 5.41) is 9.93. The van der Waals surface area contributed by atoms with Gasteiger partial charge in [0.05, 0.1) is 12.8 Å². The summed E-state index contributed by atoms with van der Waals surface area (Å²) in [6.07, 6.45) is 3.83. The van der Waals surface area contributed by atoms with Crippen LogP contribution in [-0.2, 0) is 13.6 Å². The molecule has 0 unspecified atom stereocenters. The number of aromatic nitrogens is 3. The molecule has 0 aliphatic rings. The highest BCUT2D eigenvalue weighted by molar-refractivity contribution is 5.92. The molecular weight excluding hydrogens is 264 g/mol. The molecule has 0 saturated carbocycles. The van der Waals surface area contributed by atoms with Crippen molar-refractivity contribution < 1.29 is 4.74 Å². The number of fused-ring (bicyclic) bond motifs is 1. The molecule has 0 atom stereocenters. The number of hydrogen-bond acceptors (Lipinski definition) is 4. The number of anilines is 1. The van der Waals surface area contributed by atoms with Crippen molar-refractivity contribution in [2.45, 2.75) is 13.5 Å². The van der Waals surface area contributed by atoms with Gasteiger partial charge >= 0.3 is 0 Å². The molecule has 108 valence electrons. The summed E-state index contributed by atoms with van der Waals surface area (Å²) in [5.74, 6) is 1.69. The summed E-state index contributed by atoms with van der Waals surface area (Å²) < 4.78 is 7.12. The fraction of sp³-hybridized carbons (Fsp3) is 0.250. The van der Waals surface area contributed by atoms with E-state index in [1.165, 1.54) is 5.56 Å². The molecule has 3 rings (SSSR count). The van der Waals surface area contributed by atoms with Crippen LogP contribution in [0.25, 0.3) is 10.8 Å². The number of nitrogens with zero attached hydrogens (tertiary/aromatic N) is 3. The van der Waals surface area contributed by atoms with Crippen LogP contribution < -0.4 is 10.1 Å². The Bertz CT molecular complexity index is 779. The van der Waals surface area contributed by atoms with Gasteiger partial charge in [0.2, 0.25) is 0 Å². The monoisotopic (exact) mass is 282 g/mol. The first-order chi connectivity index (χ1) is 10.2. The van der Waals surface area contributed by atoms with Crippen molar-refractivity contribution in [1.82, 2.24) is 14.8 Å². The van der Waals surface area contributed by atoms with Crippen molar-refractivity contribution >= 4 is 16.6 Å². The molecule has 0 bridgehead atoms. The van der Waals surface area contributed by atoms with E-state index in [1.54, 1.807) is 7.11 Å².